The zero-order valence-corrected chi connectivity index (χ0v) is 14.8. The number of nitrogens with two attached hydrogens (primary N) is 1. The third-order valence-corrected chi connectivity index (χ3v) is 4.29. The first-order valence-corrected chi connectivity index (χ1v) is 8.40. The van der Waals surface area contributed by atoms with E-state index in [2.05, 4.69) is 77.2 Å². The second-order valence-electron chi connectivity index (χ2n) is 5.33. The Hall–Kier alpha value is -1.58. The number of allylic oxidation sites excluding steroid dienone is 1. The van der Waals surface area contributed by atoms with Gasteiger partial charge in [-0.05, 0) is 42.8 Å². The number of hydrogen-bond acceptors (Lipinski definition) is 2. The molecule has 2 nitrogen and oxygen atoms in total. The maximum atomic E-state index is 6.16. The lowest BCUT2D eigenvalue weighted by Crippen LogP contribution is -2.25. The Kier molecular flexibility index (Phi) is 6.22. The van der Waals surface area contributed by atoms with Crippen LogP contribution in [0.3, 0.4) is 0 Å². The first kappa shape index (κ1) is 16.8. The SMILES string of the molecule is C/C=C(\CN(CC)Cc1ccccc1)c1cc(Br)ccc1N. The summed E-state index contributed by atoms with van der Waals surface area (Å²) in [6, 6.07) is 16.6. The minimum Gasteiger partial charge on any atom is -0.398 e. The molecule has 0 radical (unpaired) electrons. The number of likely N-dealkylation sites (N-methyl/N-ethyl adjacent to an activating group) is 1. The Balaban J connectivity index is 2.16. The summed E-state index contributed by atoms with van der Waals surface area (Å²) in [4.78, 5) is 2.42. The van der Waals surface area contributed by atoms with Gasteiger partial charge in [0.1, 0.15) is 0 Å². The third kappa shape index (κ3) is 4.46. The monoisotopic (exact) mass is 358 g/mol. The smallest absolute Gasteiger partial charge is 0.0391 e. The Morgan fingerprint density at radius 2 is 1.91 bits per heavy atom. The number of hydrogen-bond donors (Lipinski definition) is 1. The minimum absolute atomic E-state index is 0.826. The molecule has 2 aromatic rings. The van der Waals surface area contributed by atoms with Crippen molar-refractivity contribution in [2.45, 2.75) is 20.4 Å². The topological polar surface area (TPSA) is 29.3 Å². The lowest BCUT2D eigenvalue weighted by Gasteiger charge is -2.23. The van der Waals surface area contributed by atoms with E-state index in [0.29, 0.717) is 0 Å². The molecule has 0 spiro atoms. The zero-order valence-electron chi connectivity index (χ0n) is 13.2. The number of halogens is 1. The van der Waals surface area contributed by atoms with Gasteiger partial charge in [0.25, 0.3) is 0 Å². The highest BCUT2D eigenvalue weighted by Crippen LogP contribution is 2.26. The molecule has 22 heavy (non-hydrogen) atoms. The second kappa shape index (κ2) is 8.16. The molecular formula is C19H23BrN2. The normalized spacial score (nSPS) is 11.9. The van der Waals surface area contributed by atoms with Crippen LogP contribution in [-0.2, 0) is 6.54 Å². The molecule has 3 heteroatoms. The van der Waals surface area contributed by atoms with Crippen molar-refractivity contribution in [1.29, 1.82) is 0 Å². The summed E-state index contributed by atoms with van der Waals surface area (Å²) in [5.41, 5.74) is 10.7. The van der Waals surface area contributed by atoms with Crippen molar-refractivity contribution in [2.75, 3.05) is 18.8 Å². The summed E-state index contributed by atoms with van der Waals surface area (Å²) in [6.07, 6.45) is 2.16. The zero-order chi connectivity index (χ0) is 15.9. The van der Waals surface area contributed by atoms with Crippen LogP contribution < -0.4 is 5.73 Å². The molecule has 0 aromatic heterocycles. The Morgan fingerprint density at radius 3 is 2.55 bits per heavy atom. The maximum Gasteiger partial charge on any atom is 0.0391 e. The van der Waals surface area contributed by atoms with E-state index in [-0.39, 0.29) is 0 Å². The van der Waals surface area contributed by atoms with E-state index in [1.807, 2.05) is 12.1 Å². The summed E-state index contributed by atoms with van der Waals surface area (Å²) in [5, 5.41) is 0. The first-order valence-electron chi connectivity index (χ1n) is 7.61. The predicted octanol–water partition coefficient (Wildman–Crippen LogP) is 4.96. The van der Waals surface area contributed by atoms with Crippen molar-refractivity contribution >= 4 is 27.2 Å². The first-order chi connectivity index (χ1) is 10.6. The molecule has 0 fully saturated rings. The van der Waals surface area contributed by atoms with Crippen molar-refractivity contribution in [2.24, 2.45) is 0 Å². The molecule has 0 aliphatic heterocycles. The number of nitrogen functional groups attached to an aromatic ring is 1. The fraction of sp³-hybridized carbons (Fsp3) is 0.263. The van der Waals surface area contributed by atoms with Crippen molar-refractivity contribution in [3.63, 3.8) is 0 Å². The quantitative estimate of drug-likeness (QED) is 0.739. The fourth-order valence-corrected chi connectivity index (χ4v) is 2.86. The van der Waals surface area contributed by atoms with Gasteiger partial charge in [0.15, 0.2) is 0 Å². The van der Waals surface area contributed by atoms with Crippen molar-refractivity contribution in [3.8, 4) is 0 Å². The highest BCUT2D eigenvalue weighted by Gasteiger charge is 2.11. The average molecular weight is 359 g/mol. The van der Waals surface area contributed by atoms with Gasteiger partial charge >= 0.3 is 0 Å². The van der Waals surface area contributed by atoms with Gasteiger partial charge in [0.2, 0.25) is 0 Å². The van der Waals surface area contributed by atoms with Crippen LogP contribution in [0, 0.1) is 0 Å². The second-order valence-corrected chi connectivity index (χ2v) is 6.25. The number of benzene rings is 2. The van der Waals surface area contributed by atoms with Crippen LogP contribution in [0.4, 0.5) is 5.69 Å². The molecular weight excluding hydrogens is 336 g/mol. The van der Waals surface area contributed by atoms with Crippen molar-refractivity contribution in [1.82, 2.24) is 4.90 Å². The molecule has 0 aliphatic rings. The number of anilines is 1. The molecule has 0 atom stereocenters. The molecule has 2 rings (SSSR count). The largest absolute Gasteiger partial charge is 0.398 e. The number of nitrogens with zero attached hydrogens (tertiary/aromatic N) is 1. The van der Waals surface area contributed by atoms with E-state index in [4.69, 9.17) is 5.73 Å². The molecule has 0 aliphatic carbocycles. The van der Waals surface area contributed by atoms with E-state index in [1.165, 1.54) is 11.1 Å². The van der Waals surface area contributed by atoms with E-state index < -0.39 is 0 Å². The van der Waals surface area contributed by atoms with Gasteiger partial charge in [-0.1, -0.05) is 59.3 Å². The number of rotatable bonds is 6. The van der Waals surface area contributed by atoms with Gasteiger partial charge < -0.3 is 5.73 Å². The van der Waals surface area contributed by atoms with Crippen LogP contribution in [-0.4, -0.2) is 18.0 Å². The fourth-order valence-electron chi connectivity index (χ4n) is 2.50. The van der Waals surface area contributed by atoms with Crippen LogP contribution >= 0.6 is 15.9 Å². The van der Waals surface area contributed by atoms with Gasteiger partial charge in [0.05, 0.1) is 0 Å². The van der Waals surface area contributed by atoms with Crippen LogP contribution in [0.15, 0.2) is 59.1 Å². The summed E-state index contributed by atoms with van der Waals surface area (Å²) in [6.45, 7) is 7.11. The molecule has 0 heterocycles. The standard InChI is InChI=1S/C19H23BrN2/c1-3-16(18-12-17(20)10-11-19(18)21)14-22(4-2)13-15-8-6-5-7-9-15/h3,5-12H,4,13-14,21H2,1-2H3/b16-3+. The maximum absolute atomic E-state index is 6.16. The molecule has 0 unspecified atom stereocenters. The summed E-state index contributed by atoms with van der Waals surface area (Å²) < 4.78 is 1.06. The van der Waals surface area contributed by atoms with E-state index in [1.54, 1.807) is 0 Å². The molecule has 0 saturated carbocycles. The Morgan fingerprint density at radius 1 is 1.18 bits per heavy atom. The van der Waals surface area contributed by atoms with E-state index in [0.717, 1.165) is 35.4 Å². The average Bonchev–Trinajstić information content (AvgIpc) is 2.55. The van der Waals surface area contributed by atoms with E-state index >= 15 is 0 Å². The molecule has 116 valence electrons. The molecule has 2 N–H and O–H groups in total. The van der Waals surface area contributed by atoms with Crippen LogP contribution in [0.1, 0.15) is 25.0 Å². The van der Waals surface area contributed by atoms with Gasteiger partial charge in [-0.25, -0.2) is 0 Å². The van der Waals surface area contributed by atoms with Crippen LogP contribution in [0.2, 0.25) is 0 Å². The summed E-state index contributed by atoms with van der Waals surface area (Å²) in [5.74, 6) is 0. The highest BCUT2D eigenvalue weighted by atomic mass is 79.9. The predicted molar refractivity (Wildman–Crippen MR) is 99.6 cm³/mol. The lowest BCUT2D eigenvalue weighted by molar-refractivity contribution is 0.316. The van der Waals surface area contributed by atoms with Gasteiger partial charge in [0, 0.05) is 28.8 Å². The van der Waals surface area contributed by atoms with Crippen LogP contribution in [0.25, 0.3) is 5.57 Å². The Bertz CT molecular complexity index is 635. The molecule has 0 amide bonds. The highest BCUT2D eigenvalue weighted by molar-refractivity contribution is 9.10. The minimum atomic E-state index is 0.826. The summed E-state index contributed by atoms with van der Waals surface area (Å²) >= 11 is 3.53. The van der Waals surface area contributed by atoms with Crippen molar-refractivity contribution in [3.05, 3.63) is 70.2 Å². The lowest BCUT2D eigenvalue weighted by atomic mass is 10.0. The molecule has 0 bridgehead atoms. The van der Waals surface area contributed by atoms with Crippen molar-refractivity contribution < 1.29 is 0 Å². The Labute approximate surface area is 141 Å². The van der Waals surface area contributed by atoms with Gasteiger partial charge in [-0.2, -0.15) is 0 Å². The van der Waals surface area contributed by atoms with Gasteiger partial charge in [-0.3, -0.25) is 4.90 Å². The third-order valence-electron chi connectivity index (χ3n) is 3.80. The summed E-state index contributed by atoms with van der Waals surface area (Å²) in [7, 11) is 0. The molecule has 0 saturated heterocycles. The van der Waals surface area contributed by atoms with Crippen LogP contribution in [0.5, 0.6) is 0 Å². The van der Waals surface area contributed by atoms with Gasteiger partial charge in [-0.15, -0.1) is 0 Å². The van der Waals surface area contributed by atoms with E-state index in [9.17, 15) is 0 Å². The molecule has 2 aromatic carbocycles.